The molecular formula is C15H20O3. The Morgan fingerprint density at radius 3 is 2.56 bits per heavy atom. The van der Waals surface area contributed by atoms with E-state index < -0.39 is 5.97 Å². The van der Waals surface area contributed by atoms with Gasteiger partial charge in [0.2, 0.25) is 0 Å². The molecule has 18 heavy (non-hydrogen) atoms. The number of aliphatic hydroxyl groups excluding tert-OH is 1. The zero-order valence-electron chi connectivity index (χ0n) is 10.5. The Labute approximate surface area is 108 Å². The number of carboxylic acid groups (broad SMARTS) is 1. The Hall–Kier alpha value is -1.61. The monoisotopic (exact) mass is 248 g/mol. The average Bonchev–Trinajstić information content (AvgIpc) is 2.37. The van der Waals surface area contributed by atoms with Crippen LogP contribution < -0.4 is 0 Å². The van der Waals surface area contributed by atoms with Crippen LogP contribution in [0.4, 0.5) is 0 Å². The summed E-state index contributed by atoms with van der Waals surface area (Å²) < 4.78 is 0. The van der Waals surface area contributed by atoms with Gasteiger partial charge in [-0.25, -0.2) is 4.79 Å². The predicted molar refractivity (Wildman–Crippen MR) is 72.4 cm³/mol. The van der Waals surface area contributed by atoms with Crippen LogP contribution in [0.25, 0.3) is 6.08 Å². The smallest absolute Gasteiger partial charge is 0.328 e. The Bertz CT molecular complexity index is 396. The molecule has 0 aliphatic rings. The summed E-state index contributed by atoms with van der Waals surface area (Å²) in [5.41, 5.74) is 2.15. The van der Waals surface area contributed by atoms with E-state index in [2.05, 4.69) is 0 Å². The molecule has 0 aliphatic heterocycles. The van der Waals surface area contributed by atoms with Crippen LogP contribution in [-0.4, -0.2) is 22.8 Å². The van der Waals surface area contributed by atoms with E-state index in [1.165, 1.54) is 11.6 Å². The number of hydrogen-bond donors (Lipinski definition) is 2. The lowest BCUT2D eigenvalue weighted by Gasteiger charge is -2.05. The zero-order chi connectivity index (χ0) is 13.2. The van der Waals surface area contributed by atoms with E-state index in [0.29, 0.717) is 0 Å². The fourth-order valence-corrected chi connectivity index (χ4v) is 1.87. The van der Waals surface area contributed by atoms with Gasteiger partial charge in [-0.1, -0.05) is 37.1 Å². The van der Waals surface area contributed by atoms with Crippen molar-refractivity contribution in [2.45, 2.75) is 32.1 Å². The highest BCUT2D eigenvalue weighted by Crippen LogP contribution is 2.14. The number of hydrogen-bond acceptors (Lipinski definition) is 2. The van der Waals surface area contributed by atoms with Gasteiger partial charge in [-0.05, 0) is 36.5 Å². The zero-order valence-corrected chi connectivity index (χ0v) is 10.5. The minimum absolute atomic E-state index is 0.262. The van der Waals surface area contributed by atoms with Gasteiger partial charge in [0.25, 0.3) is 0 Å². The number of aliphatic carboxylic acids is 1. The van der Waals surface area contributed by atoms with Crippen LogP contribution in [0.2, 0.25) is 0 Å². The topological polar surface area (TPSA) is 57.5 Å². The van der Waals surface area contributed by atoms with Crippen molar-refractivity contribution in [1.29, 1.82) is 0 Å². The second-order valence-corrected chi connectivity index (χ2v) is 4.26. The lowest BCUT2D eigenvalue weighted by Crippen LogP contribution is -1.92. The molecule has 1 rings (SSSR count). The molecule has 3 nitrogen and oxygen atoms in total. The summed E-state index contributed by atoms with van der Waals surface area (Å²) in [6, 6.07) is 7.86. The Balaban J connectivity index is 2.51. The number of aryl methyl sites for hydroxylation is 1. The van der Waals surface area contributed by atoms with Gasteiger partial charge in [0.1, 0.15) is 0 Å². The van der Waals surface area contributed by atoms with E-state index in [9.17, 15) is 4.79 Å². The molecule has 0 fully saturated rings. The third-order valence-corrected chi connectivity index (χ3v) is 2.81. The Morgan fingerprint density at radius 2 is 1.83 bits per heavy atom. The summed E-state index contributed by atoms with van der Waals surface area (Å²) in [5.74, 6) is -0.923. The summed E-state index contributed by atoms with van der Waals surface area (Å²) >= 11 is 0. The summed E-state index contributed by atoms with van der Waals surface area (Å²) in [7, 11) is 0. The van der Waals surface area contributed by atoms with Gasteiger partial charge in [-0.15, -0.1) is 0 Å². The first-order valence-corrected chi connectivity index (χ1v) is 6.34. The van der Waals surface area contributed by atoms with Gasteiger partial charge in [0.05, 0.1) is 0 Å². The summed E-state index contributed by atoms with van der Waals surface area (Å²) in [4.78, 5) is 10.5. The molecule has 3 heteroatoms. The third-order valence-electron chi connectivity index (χ3n) is 2.81. The minimum atomic E-state index is -0.923. The first-order valence-electron chi connectivity index (χ1n) is 6.34. The second-order valence-electron chi connectivity index (χ2n) is 4.26. The van der Waals surface area contributed by atoms with Crippen molar-refractivity contribution in [2.75, 3.05) is 6.61 Å². The SMILES string of the molecule is O=C(O)/C=C/c1ccccc1CCCCCCO. The molecule has 1 aromatic carbocycles. The first kappa shape index (κ1) is 14.5. The molecule has 98 valence electrons. The van der Waals surface area contributed by atoms with Crippen molar-refractivity contribution in [1.82, 2.24) is 0 Å². The van der Waals surface area contributed by atoms with Crippen molar-refractivity contribution in [3.8, 4) is 0 Å². The molecule has 0 heterocycles. The summed E-state index contributed by atoms with van der Waals surface area (Å²) in [5, 5.41) is 17.3. The third kappa shape index (κ3) is 5.64. The van der Waals surface area contributed by atoms with E-state index in [-0.39, 0.29) is 6.61 Å². The average molecular weight is 248 g/mol. The van der Waals surface area contributed by atoms with Crippen molar-refractivity contribution >= 4 is 12.0 Å². The molecule has 0 aliphatic carbocycles. The number of aliphatic hydroxyl groups is 1. The number of rotatable bonds is 8. The lowest BCUT2D eigenvalue weighted by molar-refractivity contribution is -0.131. The van der Waals surface area contributed by atoms with Gasteiger partial charge >= 0.3 is 5.97 Å². The van der Waals surface area contributed by atoms with Gasteiger partial charge in [0, 0.05) is 12.7 Å². The maximum Gasteiger partial charge on any atom is 0.328 e. The molecule has 0 bridgehead atoms. The molecule has 0 unspecified atom stereocenters. The first-order chi connectivity index (χ1) is 8.74. The maximum atomic E-state index is 10.5. The van der Waals surface area contributed by atoms with Crippen LogP contribution in [0.15, 0.2) is 30.3 Å². The maximum absolute atomic E-state index is 10.5. The van der Waals surface area contributed by atoms with Crippen molar-refractivity contribution in [3.05, 3.63) is 41.5 Å². The summed E-state index contributed by atoms with van der Waals surface area (Å²) in [6.45, 7) is 0.262. The van der Waals surface area contributed by atoms with Crippen LogP contribution in [0.5, 0.6) is 0 Å². The molecule has 0 amide bonds. The molecule has 2 N–H and O–H groups in total. The second kappa shape index (κ2) is 8.48. The molecule has 0 radical (unpaired) electrons. The fourth-order valence-electron chi connectivity index (χ4n) is 1.87. The quantitative estimate of drug-likeness (QED) is 0.549. The highest BCUT2D eigenvalue weighted by molar-refractivity contribution is 5.85. The van der Waals surface area contributed by atoms with Crippen LogP contribution in [-0.2, 0) is 11.2 Å². The van der Waals surface area contributed by atoms with Crippen molar-refractivity contribution in [3.63, 3.8) is 0 Å². The number of carbonyl (C=O) groups is 1. The number of benzene rings is 1. The fraction of sp³-hybridized carbons (Fsp3) is 0.400. The molecule has 0 saturated heterocycles. The van der Waals surface area contributed by atoms with Gasteiger partial charge in [-0.3, -0.25) is 0 Å². The molecule has 0 aromatic heterocycles. The van der Waals surface area contributed by atoms with Crippen molar-refractivity contribution in [2.24, 2.45) is 0 Å². The van der Waals surface area contributed by atoms with Gasteiger partial charge < -0.3 is 10.2 Å². The molecule has 0 saturated carbocycles. The minimum Gasteiger partial charge on any atom is -0.478 e. The van der Waals surface area contributed by atoms with E-state index in [4.69, 9.17) is 10.2 Å². The largest absolute Gasteiger partial charge is 0.478 e. The normalized spacial score (nSPS) is 10.9. The highest BCUT2D eigenvalue weighted by atomic mass is 16.4. The molecule has 0 atom stereocenters. The van der Waals surface area contributed by atoms with E-state index in [1.807, 2.05) is 24.3 Å². The van der Waals surface area contributed by atoms with Gasteiger partial charge in [-0.2, -0.15) is 0 Å². The summed E-state index contributed by atoms with van der Waals surface area (Å²) in [6.07, 6.45) is 7.83. The number of carboxylic acids is 1. The molecule has 0 spiro atoms. The van der Waals surface area contributed by atoms with Crippen LogP contribution in [0, 0.1) is 0 Å². The van der Waals surface area contributed by atoms with E-state index >= 15 is 0 Å². The standard InChI is InChI=1S/C15H20O3/c16-12-6-2-1-3-7-13-8-4-5-9-14(13)10-11-15(17)18/h4-5,8-11,16H,1-3,6-7,12H2,(H,17,18)/b11-10+. The van der Waals surface area contributed by atoms with Crippen LogP contribution in [0.1, 0.15) is 36.8 Å². The van der Waals surface area contributed by atoms with E-state index in [1.54, 1.807) is 6.08 Å². The Kier molecular flexibility index (Phi) is 6.81. The molecular weight excluding hydrogens is 228 g/mol. The van der Waals surface area contributed by atoms with E-state index in [0.717, 1.165) is 37.7 Å². The predicted octanol–water partition coefficient (Wildman–Crippen LogP) is 2.88. The molecule has 1 aromatic rings. The van der Waals surface area contributed by atoms with Crippen LogP contribution in [0.3, 0.4) is 0 Å². The lowest BCUT2D eigenvalue weighted by atomic mass is 10.0. The van der Waals surface area contributed by atoms with Crippen molar-refractivity contribution < 1.29 is 15.0 Å². The number of unbranched alkanes of at least 4 members (excludes halogenated alkanes) is 3. The van der Waals surface area contributed by atoms with Crippen LogP contribution >= 0.6 is 0 Å². The Morgan fingerprint density at radius 1 is 1.11 bits per heavy atom. The van der Waals surface area contributed by atoms with Gasteiger partial charge in [0.15, 0.2) is 0 Å². The highest BCUT2D eigenvalue weighted by Gasteiger charge is 1.99.